The molecule has 0 spiro atoms. The molecular weight excluding hydrogens is 260 g/mol. The molecular formula is C13H18N4O3. The Balaban J connectivity index is 2.69. The summed E-state index contributed by atoms with van der Waals surface area (Å²) in [6, 6.07) is 4.50. The molecule has 1 aromatic carbocycles. The van der Waals surface area contributed by atoms with Crippen molar-refractivity contribution in [2.24, 2.45) is 12.8 Å². The molecule has 108 valence electrons. The molecule has 0 aliphatic heterocycles. The van der Waals surface area contributed by atoms with Gasteiger partial charge in [0.2, 0.25) is 0 Å². The molecule has 0 radical (unpaired) electrons. The summed E-state index contributed by atoms with van der Waals surface area (Å²) in [6.45, 7) is 0. The number of aldehydes is 1. The summed E-state index contributed by atoms with van der Waals surface area (Å²) in [4.78, 5) is 22.9. The van der Waals surface area contributed by atoms with Crippen LogP contribution in [0.1, 0.15) is 18.9 Å². The molecule has 2 atom stereocenters. The van der Waals surface area contributed by atoms with Crippen LogP contribution in [0.25, 0.3) is 11.0 Å². The van der Waals surface area contributed by atoms with Gasteiger partial charge in [0, 0.05) is 13.5 Å². The lowest BCUT2D eigenvalue weighted by Crippen LogP contribution is -2.37. The van der Waals surface area contributed by atoms with Crippen molar-refractivity contribution < 1.29 is 9.90 Å². The number of hydrogen-bond acceptors (Lipinski definition) is 5. The minimum Gasteiger partial charge on any atom is -0.397 e. The number of anilines is 1. The number of nitrogens with zero attached hydrogens (tertiary/aromatic N) is 2. The second kappa shape index (κ2) is 5.48. The molecule has 0 saturated heterocycles. The SMILES string of the molecule is Cn1c(=O)n(C(CCC=O)C(N)O)c2cccc(N)c21. The number of aliphatic hydroxyl groups is 1. The number of para-hydroxylation sites is 1. The minimum atomic E-state index is -1.24. The van der Waals surface area contributed by atoms with Gasteiger partial charge in [-0.1, -0.05) is 6.07 Å². The topological polar surface area (TPSA) is 116 Å². The van der Waals surface area contributed by atoms with Crippen molar-refractivity contribution >= 4 is 23.0 Å². The molecule has 7 heteroatoms. The number of carbonyl (C=O) groups excluding carboxylic acids is 1. The van der Waals surface area contributed by atoms with E-state index in [2.05, 4.69) is 0 Å². The average molecular weight is 278 g/mol. The maximum absolute atomic E-state index is 12.4. The number of imidazole rings is 1. The molecule has 5 N–H and O–H groups in total. The molecule has 1 aromatic heterocycles. The quantitative estimate of drug-likeness (QED) is 0.395. The minimum absolute atomic E-state index is 0.212. The van der Waals surface area contributed by atoms with Crippen LogP contribution in [0, 0.1) is 0 Å². The van der Waals surface area contributed by atoms with Crippen LogP contribution in [0.3, 0.4) is 0 Å². The molecule has 0 bridgehead atoms. The van der Waals surface area contributed by atoms with Crippen molar-refractivity contribution in [3.05, 3.63) is 28.7 Å². The molecule has 0 aliphatic carbocycles. The lowest BCUT2D eigenvalue weighted by molar-refractivity contribution is -0.108. The van der Waals surface area contributed by atoms with E-state index in [-0.39, 0.29) is 18.5 Å². The molecule has 0 fully saturated rings. The van der Waals surface area contributed by atoms with Gasteiger partial charge in [0.25, 0.3) is 0 Å². The molecule has 7 nitrogen and oxygen atoms in total. The third kappa shape index (κ3) is 2.21. The fraction of sp³-hybridized carbons (Fsp3) is 0.385. The van der Waals surface area contributed by atoms with E-state index in [9.17, 15) is 14.7 Å². The van der Waals surface area contributed by atoms with Gasteiger partial charge in [-0.15, -0.1) is 0 Å². The number of carbonyl (C=O) groups is 1. The van der Waals surface area contributed by atoms with Gasteiger partial charge in [0.05, 0.1) is 22.8 Å². The normalized spacial score (nSPS) is 14.3. The Labute approximate surface area is 115 Å². The van der Waals surface area contributed by atoms with Crippen LogP contribution in [-0.2, 0) is 11.8 Å². The lowest BCUT2D eigenvalue weighted by Gasteiger charge is -2.20. The zero-order valence-corrected chi connectivity index (χ0v) is 11.2. The molecule has 2 rings (SSSR count). The monoisotopic (exact) mass is 278 g/mol. The van der Waals surface area contributed by atoms with Crippen LogP contribution < -0.4 is 17.2 Å². The van der Waals surface area contributed by atoms with Gasteiger partial charge in [0.1, 0.15) is 12.5 Å². The summed E-state index contributed by atoms with van der Waals surface area (Å²) < 4.78 is 2.82. The van der Waals surface area contributed by atoms with Gasteiger partial charge >= 0.3 is 5.69 Å². The summed E-state index contributed by atoms with van der Waals surface area (Å²) in [5, 5.41) is 9.72. The number of fused-ring (bicyclic) bond motifs is 1. The Bertz CT molecular complexity index is 687. The van der Waals surface area contributed by atoms with E-state index in [1.807, 2.05) is 0 Å². The number of hydrogen-bond donors (Lipinski definition) is 3. The number of aliphatic hydroxyl groups excluding tert-OH is 1. The van der Waals surface area contributed by atoms with Crippen LogP contribution in [0.4, 0.5) is 5.69 Å². The third-order valence-corrected chi connectivity index (χ3v) is 3.44. The van der Waals surface area contributed by atoms with Gasteiger partial charge in [0.15, 0.2) is 0 Å². The molecule has 20 heavy (non-hydrogen) atoms. The van der Waals surface area contributed by atoms with Crippen molar-refractivity contribution in [3.63, 3.8) is 0 Å². The van der Waals surface area contributed by atoms with Crippen molar-refractivity contribution in [1.82, 2.24) is 9.13 Å². The number of aryl methyl sites for hydroxylation is 1. The molecule has 0 saturated carbocycles. The molecule has 0 amide bonds. The highest BCUT2D eigenvalue weighted by atomic mass is 16.3. The highest BCUT2D eigenvalue weighted by molar-refractivity contribution is 5.87. The summed E-state index contributed by atoms with van der Waals surface area (Å²) in [7, 11) is 1.61. The van der Waals surface area contributed by atoms with Crippen LogP contribution in [0.5, 0.6) is 0 Å². The zero-order valence-electron chi connectivity index (χ0n) is 11.2. The Morgan fingerprint density at radius 1 is 1.45 bits per heavy atom. The second-order valence-corrected chi connectivity index (χ2v) is 4.73. The summed E-state index contributed by atoms with van der Waals surface area (Å²) in [6.07, 6.45) is -0.00132. The van der Waals surface area contributed by atoms with Crippen molar-refractivity contribution in [2.45, 2.75) is 25.1 Å². The highest BCUT2D eigenvalue weighted by Crippen LogP contribution is 2.24. The lowest BCUT2D eigenvalue weighted by atomic mass is 10.1. The van der Waals surface area contributed by atoms with Crippen LogP contribution in [0.15, 0.2) is 23.0 Å². The van der Waals surface area contributed by atoms with Crippen LogP contribution in [-0.4, -0.2) is 26.8 Å². The van der Waals surface area contributed by atoms with E-state index in [1.54, 1.807) is 25.2 Å². The summed E-state index contributed by atoms with van der Waals surface area (Å²) in [5.74, 6) is 0. The van der Waals surface area contributed by atoms with Gasteiger partial charge in [-0.25, -0.2) is 4.79 Å². The van der Waals surface area contributed by atoms with Crippen molar-refractivity contribution in [2.75, 3.05) is 5.73 Å². The van der Waals surface area contributed by atoms with E-state index < -0.39 is 12.3 Å². The van der Waals surface area contributed by atoms with Crippen LogP contribution >= 0.6 is 0 Å². The van der Waals surface area contributed by atoms with Gasteiger partial charge < -0.3 is 21.4 Å². The number of benzene rings is 1. The number of nitrogens with two attached hydrogens (primary N) is 2. The number of rotatable bonds is 5. The van der Waals surface area contributed by atoms with Gasteiger partial charge in [-0.05, 0) is 18.6 Å². The van der Waals surface area contributed by atoms with Gasteiger partial charge in [-0.2, -0.15) is 0 Å². The summed E-state index contributed by atoms with van der Waals surface area (Å²) >= 11 is 0. The zero-order chi connectivity index (χ0) is 14.9. The first-order valence-electron chi connectivity index (χ1n) is 6.31. The maximum Gasteiger partial charge on any atom is 0.329 e. The third-order valence-electron chi connectivity index (χ3n) is 3.44. The Morgan fingerprint density at radius 2 is 2.15 bits per heavy atom. The molecule has 0 aliphatic rings. The maximum atomic E-state index is 12.4. The smallest absolute Gasteiger partial charge is 0.329 e. The average Bonchev–Trinajstić information content (AvgIpc) is 2.65. The standard InChI is InChI=1S/C13H18N4O3/c1-16-11-8(14)4-2-5-9(11)17(13(16)20)10(12(15)19)6-3-7-18/h2,4-5,7,10,12,19H,3,6,14-15H2,1H3. The Morgan fingerprint density at radius 3 is 2.75 bits per heavy atom. The fourth-order valence-corrected chi connectivity index (χ4v) is 2.48. The van der Waals surface area contributed by atoms with E-state index in [1.165, 1.54) is 9.13 Å². The predicted octanol–water partition coefficient (Wildman–Crippen LogP) is -0.280. The Hall–Kier alpha value is -2.12. The van der Waals surface area contributed by atoms with Crippen molar-refractivity contribution in [1.29, 1.82) is 0 Å². The number of nitrogen functional groups attached to an aromatic ring is 1. The summed E-state index contributed by atoms with van der Waals surface area (Å²) in [5.41, 5.74) is 12.8. The first-order valence-corrected chi connectivity index (χ1v) is 6.31. The predicted molar refractivity (Wildman–Crippen MR) is 76.1 cm³/mol. The van der Waals surface area contributed by atoms with Crippen LogP contribution in [0.2, 0.25) is 0 Å². The Kier molecular flexibility index (Phi) is 3.91. The fourth-order valence-electron chi connectivity index (χ4n) is 2.48. The van der Waals surface area contributed by atoms with Gasteiger partial charge in [-0.3, -0.25) is 9.13 Å². The van der Waals surface area contributed by atoms with E-state index in [0.717, 1.165) is 6.29 Å². The molecule has 2 aromatic rings. The van der Waals surface area contributed by atoms with Crippen molar-refractivity contribution in [3.8, 4) is 0 Å². The van der Waals surface area contributed by atoms with E-state index in [0.29, 0.717) is 16.7 Å². The first kappa shape index (κ1) is 14.3. The van der Waals surface area contributed by atoms with E-state index in [4.69, 9.17) is 11.5 Å². The van der Waals surface area contributed by atoms with E-state index >= 15 is 0 Å². The largest absolute Gasteiger partial charge is 0.397 e. The molecule has 2 unspecified atom stereocenters. The molecule has 1 heterocycles. The highest BCUT2D eigenvalue weighted by Gasteiger charge is 2.24. The number of aromatic nitrogens is 2. The second-order valence-electron chi connectivity index (χ2n) is 4.73. The first-order chi connectivity index (χ1) is 9.49.